The van der Waals surface area contributed by atoms with Crippen molar-refractivity contribution in [3.05, 3.63) is 29.6 Å². The number of methoxy groups -OCH3 is 1. The Morgan fingerprint density at radius 3 is 2.29 bits per heavy atom. The molecule has 2 rings (SSSR count). The summed E-state index contributed by atoms with van der Waals surface area (Å²) >= 11 is 0. The van der Waals surface area contributed by atoms with Gasteiger partial charge in [0, 0.05) is 11.6 Å². The molecule has 1 saturated carbocycles. The van der Waals surface area contributed by atoms with Gasteiger partial charge in [0.2, 0.25) is 0 Å². The van der Waals surface area contributed by atoms with Gasteiger partial charge in [0.25, 0.3) is 0 Å². The summed E-state index contributed by atoms with van der Waals surface area (Å²) in [5.74, 6) is -0.0707. The van der Waals surface area contributed by atoms with E-state index in [9.17, 15) is 4.39 Å². The van der Waals surface area contributed by atoms with Crippen molar-refractivity contribution in [1.82, 2.24) is 4.90 Å². The second-order valence-electron chi connectivity index (χ2n) is 6.28. The van der Waals surface area contributed by atoms with Gasteiger partial charge in [-0.15, -0.1) is 0 Å². The molecular weight excluding hydrogens is 267 g/mol. The predicted molar refractivity (Wildman–Crippen MR) is 84.0 cm³/mol. The van der Waals surface area contributed by atoms with E-state index in [1.807, 2.05) is 6.07 Å². The van der Waals surface area contributed by atoms with Crippen molar-refractivity contribution in [2.75, 3.05) is 21.2 Å². The predicted octanol–water partition coefficient (Wildman–Crippen LogP) is 3.49. The molecule has 0 spiro atoms. The molecule has 0 aliphatic heterocycles. The Labute approximate surface area is 127 Å². The maximum absolute atomic E-state index is 14.0. The minimum Gasteiger partial charge on any atom is -0.494 e. The number of halogens is 1. The molecule has 21 heavy (non-hydrogen) atoms. The number of hydrogen-bond donors (Lipinski definition) is 1. The molecule has 0 saturated heterocycles. The molecular formula is C17H27FN2O. The zero-order valence-corrected chi connectivity index (χ0v) is 13.4. The summed E-state index contributed by atoms with van der Waals surface area (Å²) in [5.41, 5.74) is 7.35. The van der Waals surface area contributed by atoms with Crippen LogP contribution in [-0.2, 0) is 0 Å². The van der Waals surface area contributed by atoms with E-state index >= 15 is 0 Å². The van der Waals surface area contributed by atoms with Crippen LogP contribution >= 0.6 is 0 Å². The lowest BCUT2D eigenvalue weighted by Gasteiger charge is -2.44. The van der Waals surface area contributed by atoms with Crippen LogP contribution in [-0.4, -0.2) is 31.6 Å². The van der Waals surface area contributed by atoms with E-state index in [2.05, 4.69) is 19.0 Å². The minimum absolute atomic E-state index is 0.0858. The molecule has 1 aromatic carbocycles. The van der Waals surface area contributed by atoms with E-state index in [1.165, 1.54) is 38.9 Å². The highest BCUT2D eigenvalue weighted by Gasteiger charge is 2.39. The second kappa shape index (κ2) is 6.75. The summed E-state index contributed by atoms with van der Waals surface area (Å²) in [4.78, 5) is 2.24. The van der Waals surface area contributed by atoms with E-state index in [1.54, 1.807) is 6.07 Å². The van der Waals surface area contributed by atoms with E-state index < -0.39 is 0 Å². The summed E-state index contributed by atoms with van der Waals surface area (Å²) in [6.07, 6.45) is 7.03. The normalized spacial score (nSPS) is 20.1. The summed E-state index contributed by atoms with van der Waals surface area (Å²) in [7, 11) is 5.65. The Hall–Kier alpha value is -1.13. The molecule has 3 nitrogen and oxygen atoms in total. The van der Waals surface area contributed by atoms with Crippen molar-refractivity contribution >= 4 is 0 Å². The molecule has 1 aliphatic carbocycles. The first-order valence-corrected chi connectivity index (χ1v) is 7.78. The summed E-state index contributed by atoms with van der Waals surface area (Å²) in [5, 5.41) is 0. The van der Waals surface area contributed by atoms with E-state index in [-0.39, 0.29) is 23.1 Å². The molecule has 1 fully saturated rings. The Kier molecular flexibility index (Phi) is 5.22. The molecule has 0 amide bonds. The topological polar surface area (TPSA) is 38.5 Å². The van der Waals surface area contributed by atoms with E-state index in [4.69, 9.17) is 10.5 Å². The molecule has 0 bridgehead atoms. The van der Waals surface area contributed by atoms with Crippen LogP contribution in [0.3, 0.4) is 0 Å². The van der Waals surface area contributed by atoms with Crippen LogP contribution in [0.4, 0.5) is 4.39 Å². The maximum Gasteiger partial charge on any atom is 0.165 e. The summed E-state index contributed by atoms with van der Waals surface area (Å²) in [6.45, 7) is 0. The Balaban J connectivity index is 2.33. The van der Waals surface area contributed by atoms with Crippen LogP contribution < -0.4 is 10.5 Å². The highest BCUT2D eigenvalue weighted by atomic mass is 19.1. The zero-order valence-electron chi connectivity index (χ0n) is 13.4. The highest BCUT2D eigenvalue weighted by Crippen LogP contribution is 2.40. The molecule has 0 aromatic heterocycles. The van der Waals surface area contributed by atoms with Crippen molar-refractivity contribution in [2.24, 2.45) is 5.73 Å². The smallest absolute Gasteiger partial charge is 0.165 e. The minimum atomic E-state index is -0.340. The fourth-order valence-electron chi connectivity index (χ4n) is 3.56. The van der Waals surface area contributed by atoms with Crippen LogP contribution in [0, 0.1) is 5.82 Å². The average molecular weight is 294 g/mol. The standard InChI is InChI=1S/C17H27FN2O/c1-20(2)17(10-6-4-5-7-11-17)16(19)13-8-9-15(21-3)14(18)12-13/h8-9,12,16H,4-7,10-11,19H2,1-3H3. The van der Waals surface area contributed by atoms with Crippen molar-refractivity contribution in [1.29, 1.82) is 0 Å². The van der Waals surface area contributed by atoms with Gasteiger partial charge in [-0.05, 0) is 44.6 Å². The van der Waals surface area contributed by atoms with E-state index in [0.29, 0.717) is 0 Å². The van der Waals surface area contributed by atoms with Crippen molar-refractivity contribution < 1.29 is 9.13 Å². The SMILES string of the molecule is COc1ccc(C(N)C2(N(C)C)CCCCCC2)cc1F. The van der Waals surface area contributed by atoms with Crippen LogP contribution in [0.5, 0.6) is 5.75 Å². The van der Waals surface area contributed by atoms with Crippen molar-refractivity contribution in [2.45, 2.75) is 50.1 Å². The largest absolute Gasteiger partial charge is 0.494 e. The Morgan fingerprint density at radius 1 is 1.19 bits per heavy atom. The van der Waals surface area contributed by atoms with Crippen LogP contribution in [0.1, 0.15) is 50.1 Å². The van der Waals surface area contributed by atoms with Gasteiger partial charge >= 0.3 is 0 Å². The van der Waals surface area contributed by atoms with Gasteiger partial charge in [-0.3, -0.25) is 0 Å². The molecule has 2 N–H and O–H groups in total. The number of benzene rings is 1. The van der Waals surface area contributed by atoms with Crippen molar-refractivity contribution in [3.8, 4) is 5.75 Å². The van der Waals surface area contributed by atoms with Gasteiger partial charge in [-0.1, -0.05) is 31.7 Å². The van der Waals surface area contributed by atoms with Gasteiger partial charge in [0.15, 0.2) is 11.6 Å². The van der Waals surface area contributed by atoms with Gasteiger partial charge in [-0.25, -0.2) is 4.39 Å². The lowest BCUT2D eigenvalue weighted by Crippen LogP contribution is -2.52. The molecule has 1 unspecified atom stereocenters. The van der Waals surface area contributed by atoms with Gasteiger partial charge < -0.3 is 15.4 Å². The second-order valence-corrected chi connectivity index (χ2v) is 6.28. The van der Waals surface area contributed by atoms with Gasteiger partial charge in [0.1, 0.15) is 0 Å². The Bertz CT molecular complexity index is 468. The summed E-state index contributed by atoms with van der Waals surface area (Å²) in [6, 6.07) is 4.90. The molecule has 4 heteroatoms. The average Bonchev–Trinajstić information content (AvgIpc) is 2.73. The molecule has 1 atom stereocenters. The Morgan fingerprint density at radius 2 is 1.81 bits per heavy atom. The number of ether oxygens (including phenoxy) is 1. The number of nitrogens with zero attached hydrogens (tertiary/aromatic N) is 1. The lowest BCUT2D eigenvalue weighted by molar-refractivity contribution is 0.0967. The number of hydrogen-bond acceptors (Lipinski definition) is 3. The third-order valence-electron chi connectivity index (χ3n) is 4.97. The number of nitrogens with two attached hydrogens (primary N) is 1. The number of rotatable bonds is 4. The van der Waals surface area contributed by atoms with Crippen LogP contribution in [0.25, 0.3) is 0 Å². The maximum atomic E-state index is 14.0. The zero-order chi connectivity index (χ0) is 15.5. The molecule has 0 heterocycles. The van der Waals surface area contributed by atoms with Gasteiger partial charge in [-0.2, -0.15) is 0 Å². The fourth-order valence-corrected chi connectivity index (χ4v) is 3.56. The quantitative estimate of drug-likeness (QED) is 0.864. The van der Waals surface area contributed by atoms with Crippen molar-refractivity contribution in [3.63, 3.8) is 0 Å². The molecule has 118 valence electrons. The first-order valence-electron chi connectivity index (χ1n) is 7.78. The highest BCUT2D eigenvalue weighted by molar-refractivity contribution is 5.32. The first kappa shape index (κ1) is 16.2. The molecule has 1 aliphatic rings. The molecule has 0 radical (unpaired) electrons. The van der Waals surface area contributed by atoms with Crippen LogP contribution in [0.15, 0.2) is 18.2 Å². The molecule has 1 aromatic rings. The third kappa shape index (κ3) is 3.22. The first-order chi connectivity index (χ1) is 10.0. The van der Waals surface area contributed by atoms with E-state index in [0.717, 1.165) is 18.4 Å². The fraction of sp³-hybridized carbons (Fsp3) is 0.647. The number of likely N-dealkylation sites (N-methyl/N-ethyl adjacent to an activating group) is 1. The third-order valence-corrected chi connectivity index (χ3v) is 4.97. The van der Waals surface area contributed by atoms with Gasteiger partial charge in [0.05, 0.1) is 7.11 Å². The van der Waals surface area contributed by atoms with Crippen LogP contribution in [0.2, 0.25) is 0 Å². The summed E-state index contributed by atoms with van der Waals surface area (Å²) < 4.78 is 19.0. The monoisotopic (exact) mass is 294 g/mol. The lowest BCUT2D eigenvalue weighted by atomic mass is 9.78.